The fraction of sp³-hybridized carbons (Fsp3) is 0.333. The van der Waals surface area contributed by atoms with Crippen molar-refractivity contribution < 1.29 is 27.9 Å². The largest absolute Gasteiger partial charge is 0.453 e. The number of hydrogen-bond donors (Lipinski definition) is 1. The molecule has 0 aliphatic carbocycles. The van der Waals surface area contributed by atoms with Gasteiger partial charge in [0.15, 0.2) is 0 Å². The van der Waals surface area contributed by atoms with Gasteiger partial charge < -0.3 is 9.64 Å². The highest BCUT2D eigenvalue weighted by atomic mass is 32.2. The molecule has 11 heteroatoms. The first-order valence-corrected chi connectivity index (χ1v) is 10.4. The van der Waals surface area contributed by atoms with Gasteiger partial charge in [-0.25, -0.2) is 19.5 Å². The number of aromatic nitrogens is 1. The molecule has 0 unspecified atom stereocenters. The molecule has 0 spiro atoms. The quantitative estimate of drug-likeness (QED) is 0.492. The number of nitrogens with one attached hydrogen (secondary N) is 1. The van der Waals surface area contributed by atoms with Gasteiger partial charge in [0.05, 0.1) is 12.8 Å². The van der Waals surface area contributed by atoms with E-state index in [-0.39, 0.29) is 12.4 Å². The van der Waals surface area contributed by atoms with Crippen molar-refractivity contribution in [1.82, 2.24) is 9.88 Å². The van der Waals surface area contributed by atoms with Gasteiger partial charge in [0.1, 0.15) is 11.4 Å². The number of pyridine rings is 1. The molecule has 0 saturated carbocycles. The Labute approximate surface area is 187 Å². The summed E-state index contributed by atoms with van der Waals surface area (Å²) in [6.45, 7) is 4.14. The van der Waals surface area contributed by atoms with Crippen LogP contribution in [0.2, 0.25) is 0 Å². The Hall–Kier alpha value is -3.21. The third kappa shape index (κ3) is 4.98. The van der Waals surface area contributed by atoms with Crippen LogP contribution in [0.5, 0.6) is 0 Å². The molecule has 1 aliphatic heterocycles. The molecular weight excluding hydrogens is 442 g/mol. The second kappa shape index (κ2) is 8.73. The Bertz CT molecular complexity index is 1040. The molecule has 32 heavy (non-hydrogen) atoms. The van der Waals surface area contributed by atoms with Crippen molar-refractivity contribution in [1.29, 1.82) is 0 Å². The molecule has 1 fully saturated rings. The SMILES string of the molecule is COC(=O)Nc1cc(CN2C(=O)N(c3ccc(SC(C)(F)F)cc3)C(=O)C2(C)C)ccn1. The van der Waals surface area contributed by atoms with Gasteiger partial charge in [0.25, 0.3) is 11.2 Å². The predicted octanol–water partition coefficient (Wildman–Crippen LogP) is 4.71. The molecule has 1 aromatic carbocycles. The van der Waals surface area contributed by atoms with Gasteiger partial charge in [-0.2, -0.15) is 8.78 Å². The van der Waals surface area contributed by atoms with Crippen LogP contribution < -0.4 is 10.2 Å². The van der Waals surface area contributed by atoms with Crippen molar-refractivity contribution in [2.24, 2.45) is 0 Å². The standard InChI is InChI=1S/C21H22F2N4O4S/c1-20(2)17(28)27(14-5-7-15(8-6-14)32-21(3,22)23)19(30)26(20)12-13-9-10-24-16(11-13)25-18(29)31-4/h5-11H,12H2,1-4H3,(H,24,25,29). The summed E-state index contributed by atoms with van der Waals surface area (Å²) in [6.07, 6.45) is 0.782. The number of rotatable bonds is 6. The molecule has 0 atom stereocenters. The van der Waals surface area contributed by atoms with Crippen LogP contribution in [0.3, 0.4) is 0 Å². The molecule has 0 bridgehead atoms. The summed E-state index contributed by atoms with van der Waals surface area (Å²) in [6, 6.07) is 8.52. The summed E-state index contributed by atoms with van der Waals surface area (Å²) >= 11 is 0.386. The highest BCUT2D eigenvalue weighted by molar-refractivity contribution is 8.00. The summed E-state index contributed by atoms with van der Waals surface area (Å²) in [7, 11) is 1.23. The van der Waals surface area contributed by atoms with Crippen LogP contribution in [0.4, 0.5) is 29.9 Å². The highest BCUT2D eigenvalue weighted by Crippen LogP contribution is 2.37. The van der Waals surface area contributed by atoms with E-state index < -0.39 is 28.8 Å². The van der Waals surface area contributed by atoms with Crippen LogP contribution in [0.25, 0.3) is 0 Å². The van der Waals surface area contributed by atoms with E-state index in [1.54, 1.807) is 26.0 Å². The lowest BCUT2D eigenvalue weighted by atomic mass is 10.0. The molecule has 170 valence electrons. The van der Waals surface area contributed by atoms with E-state index in [1.165, 1.54) is 42.5 Å². The van der Waals surface area contributed by atoms with Crippen molar-refractivity contribution in [3.8, 4) is 0 Å². The predicted molar refractivity (Wildman–Crippen MR) is 116 cm³/mol. The Morgan fingerprint density at radius 3 is 2.47 bits per heavy atom. The lowest BCUT2D eigenvalue weighted by Crippen LogP contribution is -2.43. The third-order valence-corrected chi connectivity index (χ3v) is 5.66. The summed E-state index contributed by atoms with van der Waals surface area (Å²) < 4.78 is 31.0. The molecule has 1 aromatic heterocycles. The number of imide groups is 1. The fourth-order valence-corrected chi connectivity index (χ4v) is 3.86. The second-order valence-corrected chi connectivity index (χ2v) is 9.03. The van der Waals surface area contributed by atoms with Crippen molar-refractivity contribution in [3.05, 3.63) is 48.2 Å². The summed E-state index contributed by atoms with van der Waals surface area (Å²) in [5.41, 5.74) is -0.221. The van der Waals surface area contributed by atoms with Crippen LogP contribution in [-0.4, -0.2) is 45.8 Å². The van der Waals surface area contributed by atoms with Gasteiger partial charge >= 0.3 is 12.1 Å². The first-order chi connectivity index (χ1) is 14.9. The molecule has 1 N–H and O–H groups in total. The Kier molecular flexibility index (Phi) is 6.40. The van der Waals surface area contributed by atoms with Gasteiger partial charge in [-0.05, 0) is 55.8 Å². The lowest BCUT2D eigenvalue weighted by molar-refractivity contribution is -0.123. The van der Waals surface area contributed by atoms with E-state index in [2.05, 4.69) is 15.0 Å². The maximum atomic E-state index is 13.2. The van der Waals surface area contributed by atoms with E-state index in [0.29, 0.717) is 27.9 Å². The van der Waals surface area contributed by atoms with Crippen LogP contribution >= 0.6 is 11.8 Å². The number of urea groups is 1. The van der Waals surface area contributed by atoms with Gasteiger partial charge in [0, 0.05) is 24.6 Å². The molecular formula is C21H22F2N4O4S. The minimum absolute atomic E-state index is 0.0858. The molecule has 2 aromatic rings. The number of thioether (sulfide) groups is 1. The van der Waals surface area contributed by atoms with E-state index in [9.17, 15) is 23.2 Å². The lowest BCUT2D eigenvalue weighted by Gasteiger charge is -2.27. The Morgan fingerprint density at radius 2 is 1.88 bits per heavy atom. The number of alkyl halides is 2. The number of carbonyl (C=O) groups is 3. The molecule has 1 aliphatic rings. The first kappa shape index (κ1) is 23.5. The maximum absolute atomic E-state index is 13.2. The summed E-state index contributed by atoms with van der Waals surface area (Å²) in [5, 5.41) is -0.494. The van der Waals surface area contributed by atoms with Crippen LogP contribution in [0.15, 0.2) is 47.5 Å². The monoisotopic (exact) mass is 464 g/mol. The number of methoxy groups -OCH3 is 1. The molecule has 2 heterocycles. The number of ether oxygens (including phenoxy) is 1. The Morgan fingerprint density at radius 1 is 1.22 bits per heavy atom. The van der Waals surface area contributed by atoms with Crippen LogP contribution in [0.1, 0.15) is 26.3 Å². The van der Waals surface area contributed by atoms with E-state index in [4.69, 9.17) is 0 Å². The number of benzene rings is 1. The number of halogens is 2. The molecule has 1 saturated heterocycles. The second-order valence-electron chi connectivity index (χ2n) is 7.64. The van der Waals surface area contributed by atoms with Crippen molar-refractivity contribution in [3.63, 3.8) is 0 Å². The average molecular weight is 464 g/mol. The normalized spacial score (nSPS) is 15.8. The molecule has 3 rings (SSSR count). The van der Waals surface area contributed by atoms with Crippen molar-refractivity contribution >= 4 is 41.3 Å². The zero-order valence-corrected chi connectivity index (χ0v) is 18.7. The number of hydrogen-bond acceptors (Lipinski definition) is 6. The number of amides is 4. The van der Waals surface area contributed by atoms with Gasteiger partial charge in [-0.15, -0.1) is 0 Å². The number of nitrogens with zero attached hydrogens (tertiary/aromatic N) is 3. The topological polar surface area (TPSA) is 91.8 Å². The van der Waals surface area contributed by atoms with Crippen LogP contribution in [-0.2, 0) is 16.1 Å². The Balaban J connectivity index is 1.83. The maximum Gasteiger partial charge on any atom is 0.412 e. The zero-order valence-electron chi connectivity index (χ0n) is 17.9. The van der Waals surface area contributed by atoms with Crippen LogP contribution in [0, 0.1) is 0 Å². The minimum atomic E-state index is -2.94. The first-order valence-electron chi connectivity index (χ1n) is 9.55. The number of carbonyl (C=O) groups excluding carboxylic acids is 3. The minimum Gasteiger partial charge on any atom is -0.453 e. The van der Waals surface area contributed by atoms with E-state index >= 15 is 0 Å². The van der Waals surface area contributed by atoms with E-state index in [1.807, 2.05) is 0 Å². The van der Waals surface area contributed by atoms with Crippen molar-refractivity contribution in [2.45, 2.75) is 43.0 Å². The number of anilines is 2. The van der Waals surface area contributed by atoms with Gasteiger partial charge in [0.2, 0.25) is 0 Å². The van der Waals surface area contributed by atoms with E-state index in [0.717, 1.165) is 11.8 Å². The molecule has 8 nitrogen and oxygen atoms in total. The van der Waals surface area contributed by atoms with Gasteiger partial charge in [-0.3, -0.25) is 10.1 Å². The summed E-state index contributed by atoms with van der Waals surface area (Å²) in [5.74, 6) is -0.200. The fourth-order valence-electron chi connectivity index (χ4n) is 3.18. The zero-order chi connectivity index (χ0) is 23.7. The smallest absolute Gasteiger partial charge is 0.412 e. The molecule has 4 amide bonds. The average Bonchev–Trinajstić information content (AvgIpc) is 2.87. The highest BCUT2D eigenvalue weighted by Gasteiger charge is 2.51. The third-order valence-electron chi connectivity index (χ3n) is 4.80. The van der Waals surface area contributed by atoms with Crippen molar-refractivity contribution in [2.75, 3.05) is 17.3 Å². The summed E-state index contributed by atoms with van der Waals surface area (Å²) in [4.78, 5) is 44.4. The van der Waals surface area contributed by atoms with Gasteiger partial charge in [-0.1, -0.05) is 11.8 Å². The molecule has 0 radical (unpaired) electrons.